The molecule has 1 aromatic rings. The third-order valence-electron chi connectivity index (χ3n) is 2.27. The maximum atomic E-state index is 11.6. The van der Waals surface area contributed by atoms with Crippen LogP contribution in [0.25, 0.3) is 6.08 Å². The summed E-state index contributed by atoms with van der Waals surface area (Å²) in [5.41, 5.74) is 1.99. The molecule has 3 nitrogen and oxygen atoms in total. The fourth-order valence-corrected chi connectivity index (χ4v) is 1.48. The lowest BCUT2D eigenvalue weighted by Crippen LogP contribution is -2.13. The Balaban J connectivity index is 2.51. The minimum absolute atomic E-state index is 0.0246. The van der Waals surface area contributed by atoms with Crippen LogP contribution in [0, 0.1) is 0 Å². The number of hydrogen-bond acceptors (Lipinski definition) is 2. The average Bonchev–Trinajstić information content (AvgIpc) is 2.35. The van der Waals surface area contributed by atoms with Crippen LogP contribution in [0.15, 0.2) is 41.7 Å². The first-order valence-electron chi connectivity index (χ1n) is 4.67. The second-order valence-corrected chi connectivity index (χ2v) is 3.37. The van der Waals surface area contributed by atoms with Crippen LogP contribution < -0.4 is 5.32 Å². The average molecular weight is 201 g/mol. The van der Waals surface area contributed by atoms with Gasteiger partial charge in [-0.1, -0.05) is 24.3 Å². The van der Waals surface area contributed by atoms with E-state index in [0.29, 0.717) is 5.57 Å². The lowest BCUT2D eigenvalue weighted by Gasteiger charge is -2.05. The van der Waals surface area contributed by atoms with E-state index in [-0.39, 0.29) is 11.7 Å². The Bertz CT molecular complexity index is 468. The molecule has 0 radical (unpaired) electrons. The number of carbonyl (C=O) groups excluding carboxylic acids is 1. The van der Waals surface area contributed by atoms with E-state index in [1.165, 1.54) is 6.92 Å². The van der Waals surface area contributed by atoms with Crippen molar-refractivity contribution >= 4 is 17.7 Å². The molecule has 1 aliphatic rings. The van der Waals surface area contributed by atoms with Crippen molar-refractivity contribution in [3.63, 3.8) is 0 Å². The number of para-hydroxylation sites is 1. The zero-order valence-electron chi connectivity index (χ0n) is 8.32. The third-order valence-corrected chi connectivity index (χ3v) is 2.27. The van der Waals surface area contributed by atoms with Crippen LogP contribution in [-0.4, -0.2) is 11.0 Å². The molecule has 2 N–H and O–H groups in total. The number of aliphatic hydroxyl groups excluding tert-OH is 1. The van der Waals surface area contributed by atoms with Gasteiger partial charge >= 0.3 is 0 Å². The molecule has 0 bridgehead atoms. The van der Waals surface area contributed by atoms with Crippen molar-refractivity contribution in [2.45, 2.75) is 6.92 Å². The molecule has 1 aliphatic heterocycles. The van der Waals surface area contributed by atoms with Gasteiger partial charge in [-0.05, 0) is 24.6 Å². The van der Waals surface area contributed by atoms with E-state index in [2.05, 4.69) is 5.32 Å². The van der Waals surface area contributed by atoms with Gasteiger partial charge < -0.3 is 10.4 Å². The molecule has 0 atom stereocenters. The minimum atomic E-state index is -0.281. The van der Waals surface area contributed by atoms with Crippen molar-refractivity contribution in [3.8, 4) is 0 Å². The predicted molar refractivity (Wildman–Crippen MR) is 59.4 cm³/mol. The lowest BCUT2D eigenvalue weighted by molar-refractivity contribution is -0.112. The van der Waals surface area contributed by atoms with Gasteiger partial charge in [0.2, 0.25) is 0 Å². The zero-order valence-corrected chi connectivity index (χ0v) is 8.32. The molecule has 1 aromatic carbocycles. The SMILES string of the molecule is CC(O)=C1C=Cc2ccccc2NC1=O. The summed E-state index contributed by atoms with van der Waals surface area (Å²) in [7, 11) is 0. The fraction of sp³-hybridized carbons (Fsp3) is 0.0833. The first kappa shape index (κ1) is 9.52. The third kappa shape index (κ3) is 1.76. The first-order valence-corrected chi connectivity index (χ1v) is 4.67. The first-order chi connectivity index (χ1) is 7.18. The van der Waals surface area contributed by atoms with Crippen molar-refractivity contribution in [2.24, 2.45) is 0 Å². The van der Waals surface area contributed by atoms with Crippen LogP contribution >= 0.6 is 0 Å². The summed E-state index contributed by atoms with van der Waals surface area (Å²) in [6.45, 7) is 1.50. The zero-order chi connectivity index (χ0) is 10.8. The Morgan fingerprint density at radius 1 is 1.27 bits per heavy atom. The number of aliphatic hydroxyl groups is 1. The van der Waals surface area contributed by atoms with Crippen molar-refractivity contribution in [3.05, 3.63) is 47.2 Å². The van der Waals surface area contributed by atoms with Gasteiger partial charge in [-0.15, -0.1) is 0 Å². The van der Waals surface area contributed by atoms with Gasteiger partial charge in [0.25, 0.3) is 5.91 Å². The van der Waals surface area contributed by atoms with Crippen molar-refractivity contribution in [1.29, 1.82) is 0 Å². The Kier molecular flexibility index (Phi) is 2.29. The van der Waals surface area contributed by atoms with E-state index in [1.807, 2.05) is 30.3 Å². The smallest absolute Gasteiger partial charge is 0.259 e. The van der Waals surface area contributed by atoms with Crippen LogP contribution in [-0.2, 0) is 4.79 Å². The Labute approximate surface area is 87.7 Å². The molecule has 76 valence electrons. The standard InChI is InChI=1S/C12H11NO2/c1-8(14)10-7-6-9-4-2-3-5-11(9)13-12(10)15/h2-7,14H,1H3,(H,13,15). The van der Waals surface area contributed by atoms with Crippen LogP contribution in [0.1, 0.15) is 12.5 Å². The van der Waals surface area contributed by atoms with Gasteiger partial charge in [-0.25, -0.2) is 0 Å². The Morgan fingerprint density at radius 2 is 2.00 bits per heavy atom. The van der Waals surface area contributed by atoms with Crippen molar-refractivity contribution in [2.75, 3.05) is 5.32 Å². The van der Waals surface area contributed by atoms with Gasteiger partial charge in [-0.3, -0.25) is 4.79 Å². The fourth-order valence-electron chi connectivity index (χ4n) is 1.48. The molecular formula is C12H11NO2. The highest BCUT2D eigenvalue weighted by atomic mass is 16.3. The molecule has 0 aliphatic carbocycles. The molecule has 1 heterocycles. The predicted octanol–water partition coefficient (Wildman–Crippen LogP) is 2.48. The number of benzene rings is 1. The van der Waals surface area contributed by atoms with Crippen molar-refractivity contribution < 1.29 is 9.90 Å². The molecule has 0 fully saturated rings. The number of nitrogens with one attached hydrogen (secondary N) is 1. The van der Waals surface area contributed by atoms with Crippen LogP contribution in [0.4, 0.5) is 5.69 Å². The number of allylic oxidation sites excluding steroid dienone is 1. The second kappa shape index (κ2) is 3.61. The number of carbonyl (C=O) groups is 1. The molecule has 0 saturated carbocycles. The summed E-state index contributed by atoms with van der Waals surface area (Å²) in [5, 5.41) is 12.1. The van der Waals surface area contributed by atoms with Crippen LogP contribution in [0.5, 0.6) is 0 Å². The number of rotatable bonds is 0. The maximum Gasteiger partial charge on any atom is 0.259 e. The van der Waals surface area contributed by atoms with Gasteiger partial charge in [0, 0.05) is 5.69 Å². The van der Waals surface area contributed by atoms with E-state index >= 15 is 0 Å². The monoisotopic (exact) mass is 201 g/mol. The summed E-state index contributed by atoms with van der Waals surface area (Å²) < 4.78 is 0. The number of fused-ring (bicyclic) bond motifs is 1. The van der Waals surface area contributed by atoms with Crippen molar-refractivity contribution in [1.82, 2.24) is 0 Å². The molecule has 15 heavy (non-hydrogen) atoms. The lowest BCUT2D eigenvalue weighted by atomic mass is 10.1. The number of amides is 1. The van der Waals surface area contributed by atoms with E-state index in [4.69, 9.17) is 0 Å². The number of hydrogen-bond donors (Lipinski definition) is 2. The quantitative estimate of drug-likeness (QED) is 0.500. The highest BCUT2D eigenvalue weighted by molar-refractivity contribution is 6.09. The van der Waals surface area contributed by atoms with E-state index in [0.717, 1.165) is 11.3 Å². The minimum Gasteiger partial charge on any atom is -0.512 e. The van der Waals surface area contributed by atoms with Gasteiger partial charge in [-0.2, -0.15) is 0 Å². The van der Waals surface area contributed by atoms with Crippen LogP contribution in [0.3, 0.4) is 0 Å². The van der Waals surface area contributed by atoms with Gasteiger partial charge in [0.15, 0.2) is 0 Å². The second-order valence-electron chi connectivity index (χ2n) is 3.37. The number of anilines is 1. The topological polar surface area (TPSA) is 49.3 Å². The molecule has 1 amide bonds. The molecule has 0 unspecified atom stereocenters. The van der Waals surface area contributed by atoms with Crippen LogP contribution in [0.2, 0.25) is 0 Å². The Morgan fingerprint density at radius 3 is 2.73 bits per heavy atom. The molecule has 0 spiro atoms. The summed E-state index contributed by atoms with van der Waals surface area (Å²) in [5.74, 6) is -0.257. The Hall–Kier alpha value is -2.03. The summed E-state index contributed by atoms with van der Waals surface area (Å²) in [6, 6.07) is 7.48. The van der Waals surface area contributed by atoms with Gasteiger partial charge in [0.1, 0.15) is 5.76 Å². The van der Waals surface area contributed by atoms with E-state index < -0.39 is 0 Å². The molecule has 2 rings (SSSR count). The van der Waals surface area contributed by atoms with E-state index in [1.54, 1.807) is 6.08 Å². The maximum absolute atomic E-state index is 11.6. The molecule has 0 aromatic heterocycles. The summed E-state index contributed by atoms with van der Waals surface area (Å²) in [4.78, 5) is 11.6. The summed E-state index contributed by atoms with van der Waals surface area (Å²) >= 11 is 0. The normalized spacial score (nSPS) is 17.8. The summed E-state index contributed by atoms with van der Waals surface area (Å²) in [6.07, 6.45) is 3.43. The van der Waals surface area contributed by atoms with Gasteiger partial charge in [0.05, 0.1) is 5.57 Å². The van der Waals surface area contributed by atoms with E-state index in [9.17, 15) is 9.90 Å². The largest absolute Gasteiger partial charge is 0.512 e. The highest BCUT2D eigenvalue weighted by Gasteiger charge is 2.14. The molecule has 3 heteroatoms. The molecule has 0 saturated heterocycles. The molecular weight excluding hydrogens is 190 g/mol. The highest BCUT2D eigenvalue weighted by Crippen LogP contribution is 2.22.